The topological polar surface area (TPSA) is 73.3 Å². The van der Waals surface area contributed by atoms with Crippen molar-refractivity contribution in [3.05, 3.63) is 17.7 Å². The van der Waals surface area contributed by atoms with Crippen molar-refractivity contribution < 1.29 is 18.9 Å². The lowest BCUT2D eigenvalue weighted by atomic mass is 10.1. The molecule has 0 aliphatic rings. The van der Waals surface area contributed by atoms with E-state index in [0.29, 0.717) is 25.4 Å². The van der Waals surface area contributed by atoms with E-state index in [9.17, 15) is 0 Å². The van der Waals surface area contributed by atoms with E-state index in [-0.39, 0.29) is 24.0 Å². The van der Waals surface area contributed by atoms with Gasteiger partial charge in [-0.05, 0) is 6.42 Å². The van der Waals surface area contributed by atoms with E-state index in [4.69, 9.17) is 18.9 Å². The summed E-state index contributed by atoms with van der Waals surface area (Å²) in [4.78, 5) is 4.16. The van der Waals surface area contributed by atoms with Crippen LogP contribution in [0.4, 0.5) is 0 Å². The monoisotopic (exact) mass is 453 g/mol. The number of hydrogen-bond donors (Lipinski definition) is 2. The molecule has 0 saturated carbocycles. The zero-order valence-corrected chi connectivity index (χ0v) is 17.3. The standard InChI is InChI=1S/C16H27N3O4.HI/c1-17-16(19-8-9-20-2)18-7-6-13-14(22-4)10-12(21-3)11-15(13)23-5;/h10-11H,6-9H2,1-5H3,(H2,17,18,19);1H. The number of ether oxygens (including phenoxy) is 4. The Morgan fingerprint density at radius 3 is 2.00 bits per heavy atom. The minimum atomic E-state index is 0. The fourth-order valence-corrected chi connectivity index (χ4v) is 2.12. The Labute approximate surface area is 161 Å². The van der Waals surface area contributed by atoms with Crippen LogP contribution < -0.4 is 24.8 Å². The molecule has 0 unspecified atom stereocenters. The van der Waals surface area contributed by atoms with Crippen LogP contribution in [0.1, 0.15) is 5.56 Å². The van der Waals surface area contributed by atoms with E-state index in [1.54, 1.807) is 35.5 Å². The Morgan fingerprint density at radius 2 is 1.54 bits per heavy atom. The quantitative estimate of drug-likeness (QED) is 0.257. The summed E-state index contributed by atoms with van der Waals surface area (Å²) in [5.74, 6) is 2.91. The second-order valence-electron chi connectivity index (χ2n) is 4.68. The Morgan fingerprint density at radius 1 is 0.958 bits per heavy atom. The second kappa shape index (κ2) is 12.9. The molecule has 138 valence electrons. The van der Waals surface area contributed by atoms with E-state index >= 15 is 0 Å². The molecule has 1 aromatic carbocycles. The van der Waals surface area contributed by atoms with Gasteiger partial charge in [0.1, 0.15) is 17.2 Å². The van der Waals surface area contributed by atoms with E-state index < -0.39 is 0 Å². The van der Waals surface area contributed by atoms with Crippen molar-refractivity contribution >= 4 is 29.9 Å². The van der Waals surface area contributed by atoms with Crippen LogP contribution in [0.15, 0.2) is 17.1 Å². The third-order valence-corrected chi connectivity index (χ3v) is 3.31. The van der Waals surface area contributed by atoms with Crippen LogP contribution in [-0.4, -0.2) is 61.1 Å². The van der Waals surface area contributed by atoms with Gasteiger partial charge in [-0.1, -0.05) is 0 Å². The van der Waals surface area contributed by atoms with Crippen LogP contribution in [0.3, 0.4) is 0 Å². The first-order valence-electron chi connectivity index (χ1n) is 7.42. The van der Waals surface area contributed by atoms with Crippen molar-refractivity contribution in [2.24, 2.45) is 4.99 Å². The van der Waals surface area contributed by atoms with Gasteiger partial charge in [0.25, 0.3) is 0 Å². The molecule has 1 rings (SSSR count). The summed E-state index contributed by atoms with van der Waals surface area (Å²) in [5, 5.41) is 6.41. The number of nitrogens with one attached hydrogen (secondary N) is 2. The summed E-state index contributed by atoms with van der Waals surface area (Å²) in [6, 6.07) is 3.70. The van der Waals surface area contributed by atoms with Gasteiger partial charge in [-0.25, -0.2) is 0 Å². The summed E-state index contributed by atoms with van der Waals surface area (Å²) in [5.41, 5.74) is 0.982. The van der Waals surface area contributed by atoms with Crippen molar-refractivity contribution in [1.29, 1.82) is 0 Å². The SMILES string of the molecule is CN=C(NCCOC)NCCc1c(OC)cc(OC)cc1OC.I. The van der Waals surface area contributed by atoms with Gasteiger partial charge in [0, 0.05) is 44.9 Å². The molecule has 1 aromatic rings. The number of rotatable bonds is 9. The van der Waals surface area contributed by atoms with Gasteiger partial charge in [0.05, 0.1) is 27.9 Å². The maximum atomic E-state index is 5.44. The molecular formula is C16H28IN3O4. The molecule has 8 heteroatoms. The predicted molar refractivity (Wildman–Crippen MR) is 106 cm³/mol. The molecule has 0 aromatic heterocycles. The van der Waals surface area contributed by atoms with Crippen LogP contribution in [0.25, 0.3) is 0 Å². The first-order valence-corrected chi connectivity index (χ1v) is 7.42. The Balaban J connectivity index is 0.00000529. The second-order valence-corrected chi connectivity index (χ2v) is 4.68. The summed E-state index contributed by atoms with van der Waals surface area (Å²) < 4.78 is 21.1. The molecule has 0 aliphatic heterocycles. The summed E-state index contributed by atoms with van der Waals surface area (Å²) in [6.45, 7) is 2.01. The van der Waals surface area contributed by atoms with E-state index in [0.717, 1.165) is 29.4 Å². The smallest absolute Gasteiger partial charge is 0.191 e. The highest BCUT2D eigenvalue weighted by Crippen LogP contribution is 2.34. The maximum absolute atomic E-state index is 5.44. The number of halogens is 1. The fourth-order valence-electron chi connectivity index (χ4n) is 2.12. The Kier molecular flexibility index (Phi) is 12.2. The lowest BCUT2D eigenvalue weighted by Crippen LogP contribution is -2.39. The Bertz CT molecular complexity index is 487. The maximum Gasteiger partial charge on any atom is 0.191 e. The predicted octanol–water partition coefficient (Wildman–Crippen LogP) is 1.68. The van der Waals surface area contributed by atoms with Crippen molar-refractivity contribution in [2.75, 3.05) is 55.2 Å². The lowest BCUT2D eigenvalue weighted by molar-refractivity contribution is 0.203. The third kappa shape index (κ3) is 7.00. The average molecular weight is 453 g/mol. The van der Waals surface area contributed by atoms with Crippen molar-refractivity contribution in [3.63, 3.8) is 0 Å². The molecular weight excluding hydrogens is 425 g/mol. The van der Waals surface area contributed by atoms with Crippen LogP contribution in [0, 0.1) is 0 Å². The van der Waals surface area contributed by atoms with Gasteiger partial charge in [-0.3, -0.25) is 4.99 Å². The molecule has 0 fully saturated rings. The first-order chi connectivity index (χ1) is 11.2. The molecule has 0 bridgehead atoms. The lowest BCUT2D eigenvalue weighted by Gasteiger charge is -2.16. The van der Waals surface area contributed by atoms with Crippen LogP contribution in [0.5, 0.6) is 17.2 Å². The number of hydrogen-bond acceptors (Lipinski definition) is 5. The molecule has 2 N–H and O–H groups in total. The number of methoxy groups -OCH3 is 4. The molecule has 0 radical (unpaired) electrons. The largest absolute Gasteiger partial charge is 0.496 e. The van der Waals surface area contributed by atoms with Gasteiger partial charge in [-0.2, -0.15) is 0 Å². The highest BCUT2D eigenvalue weighted by Gasteiger charge is 2.13. The zero-order valence-electron chi connectivity index (χ0n) is 15.0. The van der Waals surface area contributed by atoms with Gasteiger partial charge in [-0.15, -0.1) is 24.0 Å². The summed E-state index contributed by atoms with van der Waals surface area (Å²) in [7, 11) is 8.29. The van der Waals surface area contributed by atoms with E-state index in [1.165, 1.54) is 0 Å². The molecule has 7 nitrogen and oxygen atoms in total. The number of benzene rings is 1. The zero-order chi connectivity index (χ0) is 17.1. The van der Waals surface area contributed by atoms with Gasteiger partial charge < -0.3 is 29.6 Å². The van der Waals surface area contributed by atoms with Gasteiger partial charge >= 0.3 is 0 Å². The van der Waals surface area contributed by atoms with Crippen molar-refractivity contribution in [1.82, 2.24) is 10.6 Å². The summed E-state index contributed by atoms with van der Waals surface area (Å²) in [6.07, 6.45) is 0.724. The number of guanidine groups is 1. The van der Waals surface area contributed by atoms with E-state index in [1.807, 2.05) is 12.1 Å². The fraction of sp³-hybridized carbons (Fsp3) is 0.562. The number of nitrogens with zero attached hydrogens (tertiary/aromatic N) is 1. The van der Waals surface area contributed by atoms with Crippen molar-refractivity contribution in [3.8, 4) is 17.2 Å². The molecule has 0 saturated heterocycles. The van der Waals surface area contributed by atoms with Crippen LogP contribution >= 0.6 is 24.0 Å². The highest BCUT2D eigenvalue weighted by atomic mass is 127. The highest BCUT2D eigenvalue weighted by molar-refractivity contribution is 14.0. The van der Waals surface area contributed by atoms with Crippen LogP contribution in [-0.2, 0) is 11.2 Å². The normalized spacial score (nSPS) is 10.6. The summed E-state index contributed by atoms with van der Waals surface area (Å²) >= 11 is 0. The molecule has 0 heterocycles. The number of aliphatic imine (C=N–C) groups is 1. The average Bonchev–Trinajstić information content (AvgIpc) is 2.60. The minimum absolute atomic E-state index is 0. The molecule has 0 spiro atoms. The first kappa shape index (κ1) is 22.6. The molecule has 0 amide bonds. The third-order valence-electron chi connectivity index (χ3n) is 3.31. The molecule has 24 heavy (non-hydrogen) atoms. The van der Waals surface area contributed by atoms with Crippen molar-refractivity contribution in [2.45, 2.75) is 6.42 Å². The van der Waals surface area contributed by atoms with Crippen LogP contribution in [0.2, 0.25) is 0 Å². The van der Waals surface area contributed by atoms with Gasteiger partial charge in [0.15, 0.2) is 5.96 Å². The Hall–Kier alpha value is -1.42. The van der Waals surface area contributed by atoms with E-state index in [2.05, 4.69) is 15.6 Å². The minimum Gasteiger partial charge on any atom is -0.496 e. The van der Waals surface area contributed by atoms with Gasteiger partial charge in [0.2, 0.25) is 0 Å². The molecule has 0 aliphatic carbocycles. The molecule has 0 atom stereocenters.